The van der Waals surface area contributed by atoms with Crippen molar-refractivity contribution < 1.29 is 22.7 Å². The van der Waals surface area contributed by atoms with Gasteiger partial charge in [-0.2, -0.15) is 13.2 Å². The van der Waals surface area contributed by atoms with Crippen LogP contribution in [0.25, 0.3) is 0 Å². The number of hydrogen-bond acceptors (Lipinski definition) is 4. The SMILES string of the molecule is O=C(Nc1ccc(N2CCOCC2)cn1)c1ccc(C(F)(F)F)cc1. The summed E-state index contributed by atoms with van der Waals surface area (Å²) < 4.78 is 42.9. The van der Waals surface area contributed by atoms with Gasteiger partial charge in [-0.1, -0.05) is 0 Å². The second-order valence-corrected chi connectivity index (χ2v) is 5.53. The van der Waals surface area contributed by atoms with Gasteiger partial charge in [0.1, 0.15) is 5.82 Å². The van der Waals surface area contributed by atoms with E-state index in [2.05, 4.69) is 15.2 Å². The van der Waals surface area contributed by atoms with Gasteiger partial charge in [-0.25, -0.2) is 4.98 Å². The molecule has 25 heavy (non-hydrogen) atoms. The molecule has 0 radical (unpaired) electrons. The van der Waals surface area contributed by atoms with Crippen molar-refractivity contribution in [3.8, 4) is 0 Å². The molecule has 0 aliphatic carbocycles. The molecule has 0 atom stereocenters. The Morgan fingerprint density at radius 1 is 1.08 bits per heavy atom. The Balaban J connectivity index is 1.64. The first-order valence-corrected chi connectivity index (χ1v) is 7.71. The Morgan fingerprint density at radius 2 is 1.76 bits per heavy atom. The first kappa shape index (κ1) is 17.2. The molecule has 5 nitrogen and oxygen atoms in total. The molecule has 0 spiro atoms. The van der Waals surface area contributed by atoms with Crippen LogP contribution in [0.5, 0.6) is 0 Å². The third-order valence-electron chi connectivity index (χ3n) is 3.84. The first-order chi connectivity index (χ1) is 11.9. The summed E-state index contributed by atoms with van der Waals surface area (Å²) in [6.45, 7) is 2.87. The lowest BCUT2D eigenvalue weighted by atomic mass is 10.1. The van der Waals surface area contributed by atoms with Gasteiger partial charge in [0.15, 0.2) is 0 Å². The highest BCUT2D eigenvalue weighted by Crippen LogP contribution is 2.29. The minimum atomic E-state index is -4.42. The van der Waals surface area contributed by atoms with Crippen LogP contribution in [-0.4, -0.2) is 37.2 Å². The van der Waals surface area contributed by atoms with Crippen LogP contribution in [0.2, 0.25) is 0 Å². The number of halogens is 3. The van der Waals surface area contributed by atoms with E-state index in [9.17, 15) is 18.0 Å². The summed E-state index contributed by atoms with van der Waals surface area (Å²) in [6.07, 6.45) is -2.78. The van der Waals surface area contributed by atoms with Gasteiger partial charge in [0, 0.05) is 18.7 Å². The van der Waals surface area contributed by atoms with E-state index in [1.165, 1.54) is 0 Å². The lowest BCUT2D eigenvalue weighted by Crippen LogP contribution is -2.36. The molecule has 3 rings (SSSR count). The van der Waals surface area contributed by atoms with Crippen LogP contribution >= 0.6 is 0 Å². The third-order valence-corrected chi connectivity index (χ3v) is 3.84. The molecule has 1 saturated heterocycles. The minimum absolute atomic E-state index is 0.132. The van der Waals surface area contributed by atoms with Crippen LogP contribution in [0.3, 0.4) is 0 Å². The molecule has 2 aromatic rings. The fraction of sp³-hybridized carbons (Fsp3) is 0.294. The number of benzene rings is 1. The van der Waals surface area contributed by atoms with Crippen molar-refractivity contribution in [2.75, 3.05) is 36.5 Å². The Bertz CT molecular complexity index is 724. The zero-order chi connectivity index (χ0) is 17.9. The smallest absolute Gasteiger partial charge is 0.378 e. The summed E-state index contributed by atoms with van der Waals surface area (Å²) in [4.78, 5) is 18.4. The van der Waals surface area contributed by atoms with Crippen molar-refractivity contribution in [3.63, 3.8) is 0 Å². The van der Waals surface area contributed by atoms with Crippen LogP contribution in [0.4, 0.5) is 24.7 Å². The van der Waals surface area contributed by atoms with Gasteiger partial charge < -0.3 is 15.0 Å². The summed E-state index contributed by atoms with van der Waals surface area (Å²) >= 11 is 0. The Hall–Kier alpha value is -2.61. The van der Waals surface area contributed by atoms with Gasteiger partial charge >= 0.3 is 6.18 Å². The number of carbonyl (C=O) groups excluding carboxylic acids is 1. The normalized spacial score (nSPS) is 15.1. The highest BCUT2D eigenvalue weighted by atomic mass is 19.4. The molecule has 0 saturated carbocycles. The lowest BCUT2D eigenvalue weighted by molar-refractivity contribution is -0.137. The molecule has 1 aliphatic rings. The van der Waals surface area contributed by atoms with Crippen molar-refractivity contribution in [1.29, 1.82) is 0 Å². The fourth-order valence-corrected chi connectivity index (χ4v) is 2.47. The number of rotatable bonds is 3. The summed E-state index contributed by atoms with van der Waals surface area (Å²) in [5.41, 5.74) is 0.264. The largest absolute Gasteiger partial charge is 0.416 e. The monoisotopic (exact) mass is 351 g/mol. The number of pyridine rings is 1. The van der Waals surface area contributed by atoms with E-state index in [4.69, 9.17) is 4.74 Å². The van der Waals surface area contributed by atoms with Crippen LogP contribution in [0.1, 0.15) is 15.9 Å². The van der Waals surface area contributed by atoms with Gasteiger partial charge in [-0.15, -0.1) is 0 Å². The van der Waals surface area contributed by atoms with E-state index in [-0.39, 0.29) is 5.56 Å². The number of morpholine rings is 1. The number of nitrogens with one attached hydrogen (secondary N) is 1. The topological polar surface area (TPSA) is 54.5 Å². The van der Waals surface area contributed by atoms with E-state index < -0.39 is 17.6 Å². The molecule has 0 bridgehead atoms. The number of nitrogens with zero attached hydrogens (tertiary/aromatic N) is 2. The fourth-order valence-electron chi connectivity index (χ4n) is 2.47. The van der Waals surface area contributed by atoms with Crippen molar-refractivity contribution in [3.05, 3.63) is 53.7 Å². The third kappa shape index (κ3) is 4.27. The zero-order valence-electron chi connectivity index (χ0n) is 13.2. The predicted molar refractivity (Wildman–Crippen MR) is 86.7 cm³/mol. The molecule has 1 fully saturated rings. The first-order valence-electron chi connectivity index (χ1n) is 7.71. The average molecular weight is 351 g/mol. The Labute approximate surface area is 142 Å². The number of amides is 1. The van der Waals surface area contributed by atoms with Crippen molar-refractivity contribution in [2.45, 2.75) is 6.18 Å². The Kier molecular flexibility index (Phi) is 4.89. The van der Waals surface area contributed by atoms with Gasteiger partial charge in [0.25, 0.3) is 5.91 Å². The van der Waals surface area contributed by atoms with Crippen molar-refractivity contribution in [1.82, 2.24) is 4.98 Å². The number of ether oxygens (including phenoxy) is 1. The second-order valence-electron chi connectivity index (χ2n) is 5.53. The predicted octanol–water partition coefficient (Wildman–Crippen LogP) is 3.19. The highest BCUT2D eigenvalue weighted by Gasteiger charge is 2.30. The summed E-state index contributed by atoms with van der Waals surface area (Å²) in [5, 5.41) is 2.57. The molecule has 1 aromatic carbocycles. The van der Waals surface area contributed by atoms with E-state index in [1.807, 2.05) is 6.07 Å². The standard InChI is InChI=1S/C17H16F3N3O2/c18-17(19,20)13-3-1-12(2-4-13)16(24)22-15-6-5-14(11-21-15)23-7-9-25-10-8-23/h1-6,11H,7-10H2,(H,21,22,24). The van der Waals surface area contributed by atoms with Crippen LogP contribution in [-0.2, 0) is 10.9 Å². The molecule has 0 unspecified atom stereocenters. The molecule has 1 aliphatic heterocycles. The summed E-state index contributed by atoms with van der Waals surface area (Å²) in [5.74, 6) is -0.178. The van der Waals surface area contributed by atoms with Gasteiger partial charge in [0.2, 0.25) is 0 Å². The number of alkyl halides is 3. The van der Waals surface area contributed by atoms with E-state index in [0.717, 1.165) is 43.0 Å². The second kappa shape index (κ2) is 7.10. The van der Waals surface area contributed by atoms with Gasteiger partial charge in [-0.05, 0) is 36.4 Å². The van der Waals surface area contributed by atoms with E-state index in [1.54, 1.807) is 12.3 Å². The molecule has 2 heterocycles. The van der Waals surface area contributed by atoms with E-state index >= 15 is 0 Å². The molecular formula is C17H16F3N3O2. The summed E-state index contributed by atoms with van der Waals surface area (Å²) in [7, 11) is 0. The maximum atomic E-state index is 12.5. The van der Waals surface area contributed by atoms with Crippen LogP contribution in [0.15, 0.2) is 42.6 Å². The van der Waals surface area contributed by atoms with Crippen LogP contribution < -0.4 is 10.2 Å². The lowest BCUT2D eigenvalue weighted by Gasteiger charge is -2.28. The van der Waals surface area contributed by atoms with Gasteiger partial charge in [0.05, 0.1) is 30.7 Å². The maximum Gasteiger partial charge on any atom is 0.416 e. The summed E-state index contributed by atoms with van der Waals surface area (Å²) in [6, 6.07) is 7.53. The maximum absolute atomic E-state index is 12.5. The van der Waals surface area contributed by atoms with Crippen molar-refractivity contribution in [2.24, 2.45) is 0 Å². The molecule has 8 heteroatoms. The highest BCUT2D eigenvalue weighted by molar-refractivity contribution is 6.03. The average Bonchev–Trinajstić information content (AvgIpc) is 2.62. The number of aromatic nitrogens is 1. The molecular weight excluding hydrogens is 335 g/mol. The van der Waals surface area contributed by atoms with E-state index in [0.29, 0.717) is 19.0 Å². The molecule has 1 amide bonds. The minimum Gasteiger partial charge on any atom is -0.378 e. The quantitative estimate of drug-likeness (QED) is 0.923. The molecule has 1 aromatic heterocycles. The number of hydrogen-bond donors (Lipinski definition) is 1. The van der Waals surface area contributed by atoms with Gasteiger partial charge in [-0.3, -0.25) is 4.79 Å². The number of carbonyl (C=O) groups is 1. The molecule has 1 N–H and O–H groups in total. The molecule has 132 valence electrons. The number of anilines is 2. The Morgan fingerprint density at radius 3 is 2.32 bits per heavy atom. The van der Waals surface area contributed by atoms with Crippen LogP contribution in [0, 0.1) is 0 Å². The zero-order valence-corrected chi connectivity index (χ0v) is 13.2. The van der Waals surface area contributed by atoms with Crippen molar-refractivity contribution >= 4 is 17.4 Å².